The van der Waals surface area contributed by atoms with Crippen LogP contribution in [-0.2, 0) is 4.79 Å². The molecule has 0 aromatic carbocycles. The van der Waals surface area contributed by atoms with Gasteiger partial charge in [0.15, 0.2) is 10.7 Å². The third kappa shape index (κ3) is 2.80. The molecule has 7 nitrogen and oxygen atoms in total. The molecule has 2 aromatic rings. The molecule has 21 heavy (non-hydrogen) atoms. The summed E-state index contributed by atoms with van der Waals surface area (Å²) in [6, 6.07) is 1.74. The Morgan fingerprint density at radius 3 is 2.81 bits per heavy atom. The van der Waals surface area contributed by atoms with Gasteiger partial charge in [-0.25, -0.2) is 19.7 Å². The van der Waals surface area contributed by atoms with E-state index in [2.05, 4.69) is 20.3 Å². The van der Waals surface area contributed by atoms with Crippen LogP contribution in [0.25, 0.3) is 0 Å². The van der Waals surface area contributed by atoms with Crippen LogP contribution in [0.5, 0.6) is 0 Å². The number of anilines is 2. The molecule has 0 spiro atoms. The third-order valence-electron chi connectivity index (χ3n) is 3.52. The van der Waals surface area contributed by atoms with Gasteiger partial charge >= 0.3 is 5.97 Å². The summed E-state index contributed by atoms with van der Waals surface area (Å²) in [5.74, 6) is -0.318. The molecule has 1 aliphatic heterocycles. The highest BCUT2D eigenvalue weighted by Gasteiger charge is 2.43. The van der Waals surface area contributed by atoms with Gasteiger partial charge in [0, 0.05) is 30.5 Å². The molecule has 0 aliphatic carbocycles. The van der Waals surface area contributed by atoms with Crippen LogP contribution < -0.4 is 10.2 Å². The summed E-state index contributed by atoms with van der Waals surface area (Å²) in [5, 5.41) is 15.2. The molecular weight excluding hydrogens is 290 g/mol. The van der Waals surface area contributed by atoms with Gasteiger partial charge in [-0.05, 0) is 18.9 Å². The Hall–Kier alpha value is -2.22. The van der Waals surface area contributed by atoms with Crippen molar-refractivity contribution in [3.8, 4) is 0 Å². The Morgan fingerprint density at radius 1 is 1.33 bits per heavy atom. The lowest BCUT2D eigenvalue weighted by Gasteiger charge is -2.40. The molecule has 0 amide bonds. The molecule has 1 unspecified atom stereocenters. The number of thiazole rings is 1. The van der Waals surface area contributed by atoms with Crippen molar-refractivity contribution in [2.24, 2.45) is 0 Å². The van der Waals surface area contributed by atoms with Crippen molar-refractivity contribution < 1.29 is 9.90 Å². The van der Waals surface area contributed by atoms with Gasteiger partial charge in [0.05, 0.1) is 6.54 Å². The van der Waals surface area contributed by atoms with Crippen LogP contribution >= 0.6 is 11.3 Å². The summed E-state index contributed by atoms with van der Waals surface area (Å²) < 4.78 is 0. The van der Waals surface area contributed by atoms with E-state index in [1.807, 2.05) is 10.3 Å². The van der Waals surface area contributed by atoms with Crippen molar-refractivity contribution >= 4 is 28.4 Å². The van der Waals surface area contributed by atoms with E-state index in [4.69, 9.17) is 0 Å². The number of nitrogens with zero attached hydrogens (tertiary/aromatic N) is 4. The molecule has 110 valence electrons. The highest BCUT2D eigenvalue weighted by molar-refractivity contribution is 7.13. The molecule has 0 bridgehead atoms. The van der Waals surface area contributed by atoms with Crippen LogP contribution in [0.2, 0.25) is 0 Å². The summed E-state index contributed by atoms with van der Waals surface area (Å²) in [4.78, 5) is 26.3. The van der Waals surface area contributed by atoms with Crippen molar-refractivity contribution in [1.29, 1.82) is 0 Å². The Labute approximate surface area is 125 Å². The van der Waals surface area contributed by atoms with E-state index in [1.54, 1.807) is 24.7 Å². The Balaban J connectivity index is 1.85. The monoisotopic (exact) mass is 305 g/mol. The molecular formula is C13H15N5O2S. The maximum atomic E-state index is 11.8. The molecule has 3 heterocycles. The first-order chi connectivity index (χ1) is 10.2. The highest BCUT2D eigenvalue weighted by Crippen LogP contribution is 2.28. The van der Waals surface area contributed by atoms with E-state index >= 15 is 0 Å². The van der Waals surface area contributed by atoms with Crippen molar-refractivity contribution in [3.63, 3.8) is 0 Å². The van der Waals surface area contributed by atoms with E-state index < -0.39 is 11.5 Å². The lowest BCUT2D eigenvalue weighted by atomic mass is 9.89. The van der Waals surface area contributed by atoms with E-state index in [-0.39, 0.29) is 0 Å². The van der Waals surface area contributed by atoms with E-state index in [0.29, 0.717) is 24.0 Å². The number of nitrogens with one attached hydrogen (secondary N) is 1. The number of carboxylic acid groups (broad SMARTS) is 1. The second kappa shape index (κ2) is 5.65. The van der Waals surface area contributed by atoms with Gasteiger partial charge in [-0.2, -0.15) is 0 Å². The maximum Gasteiger partial charge on any atom is 0.331 e. The number of hydrogen-bond donors (Lipinski definition) is 2. The summed E-state index contributed by atoms with van der Waals surface area (Å²) >= 11 is 1.39. The number of carboxylic acids is 1. The third-order valence-corrected chi connectivity index (χ3v) is 4.20. The van der Waals surface area contributed by atoms with Gasteiger partial charge in [-0.1, -0.05) is 0 Å². The quantitative estimate of drug-likeness (QED) is 0.883. The first-order valence-corrected chi connectivity index (χ1v) is 7.51. The normalized spacial score (nSPS) is 22.0. The van der Waals surface area contributed by atoms with Crippen molar-refractivity contribution in [2.45, 2.75) is 18.4 Å². The number of aromatic nitrogens is 3. The Bertz CT molecular complexity index is 606. The minimum absolute atomic E-state index is 0.311. The minimum atomic E-state index is -1.06. The lowest BCUT2D eigenvalue weighted by Crippen LogP contribution is -2.58. The predicted molar refractivity (Wildman–Crippen MR) is 79.6 cm³/mol. The van der Waals surface area contributed by atoms with Crippen LogP contribution in [-0.4, -0.2) is 44.7 Å². The first kappa shape index (κ1) is 13.7. The van der Waals surface area contributed by atoms with Crippen molar-refractivity contribution in [3.05, 3.63) is 30.0 Å². The number of hydrogen-bond acceptors (Lipinski definition) is 7. The van der Waals surface area contributed by atoms with Crippen molar-refractivity contribution in [2.75, 3.05) is 23.3 Å². The summed E-state index contributed by atoms with van der Waals surface area (Å²) in [6.07, 6.45) is 6.28. The molecule has 2 N–H and O–H groups in total. The minimum Gasteiger partial charge on any atom is -0.479 e. The zero-order chi connectivity index (χ0) is 14.7. The van der Waals surface area contributed by atoms with Gasteiger partial charge in [0.25, 0.3) is 0 Å². The van der Waals surface area contributed by atoms with Crippen LogP contribution in [0.1, 0.15) is 12.8 Å². The number of piperidine rings is 1. The Morgan fingerprint density at radius 2 is 2.14 bits per heavy atom. The first-order valence-electron chi connectivity index (χ1n) is 6.63. The van der Waals surface area contributed by atoms with Gasteiger partial charge in [-0.3, -0.25) is 0 Å². The van der Waals surface area contributed by atoms with Gasteiger partial charge in [0.2, 0.25) is 5.95 Å². The fourth-order valence-corrected chi connectivity index (χ4v) is 3.13. The number of rotatable bonds is 4. The van der Waals surface area contributed by atoms with Gasteiger partial charge < -0.3 is 15.3 Å². The second-order valence-electron chi connectivity index (χ2n) is 4.92. The molecule has 3 rings (SSSR count). The molecule has 8 heteroatoms. The molecule has 0 radical (unpaired) electrons. The van der Waals surface area contributed by atoms with E-state index in [1.165, 1.54) is 11.3 Å². The fraction of sp³-hybridized carbons (Fsp3) is 0.385. The zero-order valence-corrected chi connectivity index (χ0v) is 12.1. The highest BCUT2D eigenvalue weighted by atomic mass is 32.1. The van der Waals surface area contributed by atoms with Gasteiger partial charge in [0.1, 0.15) is 0 Å². The molecule has 1 aliphatic rings. The summed E-state index contributed by atoms with van der Waals surface area (Å²) in [6.45, 7) is 1.06. The molecule has 1 saturated heterocycles. The van der Waals surface area contributed by atoms with E-state index in [0.717, 1.165) is 13.0 Å². The lowest BCUT2D eigenvalue weighted by molar-refractivity contribution is -0.142. The topological polar surface area (TPSA) is 91.2 Å². The zero-order valence-electron chi connectivity index (χ0n) is 11.3. The standard InChI is InChI=1S/C13H15N5O2S/c19-10(20)13(17-12-16-6-8-21-12)3-1-7-18(9-13)11-14-4-2-5-15-11/h2,4-6,8H,1,3,7,9H2,(H,16,17)(H,19,20). The average molecular weight is 305 g/mol. The smallest absolute Gasteiger partial charge is 0.331 e. The predicted octanol–water partition coefficient (Wildman–Crippen LogP) is 1.47. The molecule has 1 atom stereocenters. The van der Waals surface area contributed by atoms with E-state index in [9.17, 15) is 9.90 Å². The second-order valence-corrected chi connectivity index (χ2v) is 5.82. The number of carbonyl (C=O) groups is 1. The molecule has 2 aromatic heterocycles. The van der Waals surface area contributed by atoms with Crippen LogP contribution in [0.3, 0.4) is 0 Å². The molecule has 1 fully saturated rings. The van der Waals surface area contributed by atoms with Crippen molar-refractivity contribution in [1.82, 2.24) is 15.0 Å². The van der Waals surface area contributed by atoms with Crippen LogP contribution in [0, 0.1) is 0 Å². The SMILES string of the molecule is O=C(O)C1(Nc2nccs2)CCCN(c2ncccn2)C1. The van der Waals surface area contributed by atoms with Crippen LogP contribution in [0.15, 0.2) is 30.0 Å². The maximum absolute atomic E-state index is 11.8. The largest absolute Gasteiger partial charge is 0.479 e. The summed E-state index contributed by atoms with van der Waals surface area (Å²) in [7, 11) is 0. The average Bonchev–Trinajstić information content (AvgIpc) is 3.01. The molecule has 0 saturated carbocycles. The summed E-state index contributed by atoms with van der Waals surface area (Å²) in [5.41, 5.74) is -1.06. The number of aliphatic carboxylic acids is 1. The fourth-order valence-electron chi connectivity index (χ4n) is 2.50. The van der Waals surface area contributed by atoms with Crippen LogP contribution in [0.4, 0.5) is 11.1 Å². The Kier molecular flexibility index (Phi) is 3.70. The van der Waals surface area contributed by atoms with Gasteiger partial charge in [-0.15, -0.1) is 11.3 Å².